The fourth-order valence-corrected chi connectivity index (χ4v) is 2.51. The molecular weight excluding hydrogens is 478 g/mol. The van der Waals surface area contributed by atoms with Gasteiger partial charge in [-0.05, 0) is 67.1 Å². The van der Waals surface area contributed by atoms with Gasteiger partial charge in [0, 0.05) is 30.4 Å². The fourth-order valence-electron chi connectivity index (χ4n) is 2.35. The first-order chi connectivity index (χ1) is 13.0. The molecule has 150 valence electrons. The quantitative estimate of drug-likeness (QED) is 0.447. The molecule has 1 unspecified atom stereocenters. The van der Waals surface area contributed by atoms with Gasteiger partial charge in [-0.1, -0.05) is 0 Å². The molecule has 2 aromatic heterocycles. The Morgan fingerprint density at radius 1 is 1.36 bits per heavy atom. The van der Waals surface area contributed by atoms with Gasteiger partial charge in [0.25, 0.3) is 5.91 Å². The Morgan fingerprint density at radius 2 is 2.07 bits per heavy atom. The third-order valence-electron chi connectivity index (χ3n) is 3.69. The topological polar surface area (TPSA) is 93.2 Å². The minimum absolute atomic E-state index is 0.105. The number of ether oxygens (including phenoxy) is 1. The molecule has 2 atom stereocenters. The van der Waals surface area contributed by atoms with Crippen molar-refractivity contribution >= 4 is 40.2 Å². The van der Waals surface area contributed by atoms with E-state index in [1.165, 1.54) is 26.1 Å². The van der Waals surface area contributed by atoms with E-state index in [0.29, 0.717) is 17.3 Å². The number of aryl methyl sites for hydroxylation is 1. The summed E-state index contributed by atoms with van der Waals surface area (Å²) in [4.78, 5) is 31.8. The number of rotatable bonds is 7. The third-order valence-corrected chi connectivity index (χ3v) is 4.00. The maximum atomic E-state index is 13.6. The summed E-state index contributed by atoms with van der Waals surface area (Å²) in [6.07, 6.45) is 3.04. The first-order valence-corrected chi connectivity index (χ1v) is 9.65. The Hall–Kier alpha value is -2.30. The van der Waals surface area contributed by atoms with Crippen molar-refractivity contribution < 1.29 is 18.7 Å². The van der Waals surface area contributed by atoms with Crippen LogP contribution < -0.4 is 15.4 Å². The van der Waals surface area contributed by atoms with Crippen LogP contribution in [0.4, 0.5) is 10.2 Å². The van der Waals surface area contributed by atoms with Gasteiger partial charge in [0.1, 0.15) is 12.4 Å². The monoisotopic (exact) mass is 500 g/mol. The van der Waals surface area contributed by atoms with Crippen molar-refractivity contribution in [2.45, 2.75) is 37.4 Å². The van der Waals surface area contributed by atoms with E-state index in [-0.39, 0.29) is 24.5 Å². The van der Waals surface area contributed by atoms with Crippen LogP contribution in [0.15, 0.2) is 30.6 Å². The first-order valence-electron chi connectivity index (χ1n) is 8.57. The van der Waals surface area contributed by atoms with Crippen molar-refractivity contribution in [1.82, 2.24) is 15.3 Å². The first kappa shape index (κ1) is 22.0. The van der Waals surface area contributed by atoms with Crippen LogP contribution in [0.2, 0.25) is 0 Å². The number of aromatic nitrogens is 2. The summed E-state index contributed by atoms with van der Waals surface area (Å²) in [5.41, 5.74) is 1.91. The summed E-state index contributed by atoms with van der Waals surface area (Å²) in [7, 11) is 0. The number of pyridine rings is 2. The van der Waals surface area contributed by atoms with Crippen LogP contribution in [0.5, 0.6) is 5.88 Å². The molecule has 0 bridgehead atoms. The van der Waals surface area contributed by atoms with Gasteiger partial charge in [-0.3, -0.25) is 9.59 Å². The number of halogens is 2. The minimum atomic E-state index is -1.48. The lowest BCUT2D eigenvalue weighted by Crippen LogP contribution is -2.27. The summed E-state index contributed by atoms with van der Waals surface area (Å²) in [6, 6.07) is 4.58. The summed E-state index contributed by atoms with van der Waals surface area (Å²) in [5, 5.41) is 5.41. The molecule has 7 nitrogen and oxygen atoms in total. The van der Waals surface area contributed by atoms with E-state index in [1.807, 2.05) is 19.9 Å². The molecule has 0 aliphatic heterocycles. The van der Waals surface area contributed by atoms with Crippen molar-refractivity contribution in [2.75, 3.05) is 11.9 Å². The van der Waals surface area contributed by atoms with E-state index < -0.39 is 3.68 Å². The molecule has 9 heteroatoms. The second-order valence-corrected chi connectivity index (χ2v) is 8.80. The van der Waals surface area contributed by atoms with E-state index in [4.69, 9.17) is 4.74 Å². The summed E-state index contributed by atoms with van der Waals surface area (Å²) >= 11 is 1.67. The lowest BCUT2D eigenvalue weighted by molar-refractivity contribution is -0.114. The zero-order chi connectivity index (χ0) is 20.9. The maximum Gasteiger partial charge on any atom is 0.251 e. The molecule has 0 aromatic carbocycles. The Balaban J connectivity index is 2.06. The minimum Gasteiger partial charge on any atom is -0.473 e. The zero-order valence-electron chi connectivity index (χ0n) is 16.0. The Labute approximate surface area is 176 Å². The highest BCUT2D eigenvalue weighted by atomic mass is 127. The molecule has 0 aliphatic rings. The van der Waals surface area contributed by atoms with Gasteiger partial charge >= 0.3 is 0 Å². The third kappa shape index (κ3) is 6.70. The Bertz CT molecular complexity index is 870. The normalized spacial score (nSPS) is 13.9. The molecule has 2 heterocycles. The molecule has 0 saturated heterocycles. The van der Waals surface area contributed by atoms with Crippen molar-refractivity contribution in [3.63, 3.8) is 0 Å². The molecule has 0 aliphatic carbocycles. The number of carbonyl (C=O) groups is 2. The summed E-state index contributed by atoms with van der Waals surface area (Å²) in [5.74, 6) is 0.0920. The van der Waals surface area contributed by atoms with E-state index in [1.54, 1.807) is 34.9 Å². The second-order valence-electron chi connectivity index (χ2n) is 6.56. The molecule has 2 rings (SSSR count). The molecule has 2 N–H and O–H groups in total. The van der Waals surface area contributed by atoms with E-state index in [2.05, 4.69) is 20.6 Å². The lowest BCUT2D eigenvalue weighted by Gasteiger charge is -2.17. The van der Waals surface area contributed by atoms with Crippen LogP contribution in [-0.2, 0) is 4.79 Å². The Morgan fingerprint density at radius 3 is 2.68 bits per heavy atom. The molecule has 0 fully saturated rings. The molecular formula is C19H22FIN4O3. The number of carbonyl (C=O) groups excluding carboxylic acids is 2. The molecule has 28 heavy (non-hydrogen) atoms. The maximum absolute atomic E-state index is 13.6. The smallest absolute Gasteiger partial charge is 0.251 e. The predicted molar refractivity (Wildman–Crippen MR) is 112 cm³/mol. The fraction of sp³-hybridized carbons (Fsp3) is 0.368. The van der Waals surface area contributed by atoms with Crippen molar-refractivity contribution in [1.29, 1.82) is 0 Å². The van der Waals surface area contributed by atoms with Gasteiger partial charge in [-0.15, -0.1) is 0 Å². The molecule has 2 amide bonds. The van der Waals surface area contributed by atoms with Crippen LogP contribution in [0.3, 0.4) is 0 Å². The molecule has 0 spiro atoms. The second kappa shape index (κ2) is 9.26. The van der Waals surface area contributed by atoms with Gasteiger partial charge in [0.15, 0.2) is 3.68 Å². The average Bonchev–Trinajstić information content (AvgIpc) is 2.59. The average molecular weight is 500 g/mol. The number of anilines is 1. The van der Waals surface area contributed by atoms with Gasteiger partial charge in [-0.2, -0.15) is 0 Å². The standard InChI is InChI=1S/C19H22FIN4O3/c1-11-7-15(9-23-18(11)28-10-19(4,20)21)12(2)24-17(27)14-5-6-22-16(8-14)25-13(3)26/h5-9,12H,10H2,1-4H3,(H,24,27)(H,22,25,26)/t12?,19-/m1/s1. The Kier molecular flexibility index (Phi) is 7.28. The van der Waals surface area contributed by atoms with Crippen molar-refractivity contribution in [2.24, 2.45) is 0 Å². The highest BCUT2D eigenvalue weighted by molar-refractivity contribution is 14.1. The van der Waals surface area contributed by atoms with E-state index in [9.17, 15) is 14.0 Å². The van der Waals surface area contributed by atoms with Crippen LogP contribution in [0.1, 0.15) is 48.3 Å². The molecule has 0 saturated carbocycles. The van der Waals surface area contributed by atoms with Crippen LogP contribution in [0, 0.1) is 6.92 Å². The van der Waals surface area contributed by atoms with Gasteiger partial charge in [0.2, 0.25) is 11.8 Å². The van der Waals surface area contributed by atoms with Crippen molar-refractivity contribution in [3.05, 3.63) is 47.3 Å². The molecule has 0 radical (unpaired) electrons. The zero-order valence-corrected chi connectivity index (χ0v) is 18.2. The predicted octanol–water partition coefficient (Wildman–Crippen LogP) is 3.73. The largest absolute Gasteiger partial charge is 0.473 e. The number of nitrogens with zero attached hydrogens (tertiary/aromatic N) is 2. The number of amides is 2. The number of alkyl halides is 2. The highest BCUT2D eigenvalue weighted by Gasteiger charge is 2.20. The van der Waals surface area contributed by atoms with Crippen molar-refractivity contribution in [3.8, 4) is 5.88 Å². The van der Waals surface area contributed by atoms with E-state index >= 15 is 0 Å². The lowest BCUT2D eigenvalue weighted by atomic mass is 10.1. The van der Waals surface area contributed by atoms with Crippen LogP contribution in [-0.4, -0.2) is 32.1 Å². The number of hydrogen-bond acceptors (Lipinski definition) is 5. The van der Waals surface area contributed by atoms with Gasteiger partial charge < -0.3 is 15.4 Å². The SMILES string of the molecule is CC(=O)Nc1cc(C(=O)NC(C)c2cnc(OC[C@](C)(F)I)c(C)c2)ccn1. The number of hydrogen-bond donors (Lipinski definition) is 2. The van der Waals surface area contributed by atoms with Gasteiger partial charge in [-0.25, -0.2) is 14.4 Å². The highest BCUT2D eigenvalue weighted by Crippen LogP contribution is 2.24. The van der Waals surface area contributed by atoms with E-state index in [0.717, 1.165) is 11.1 Å². The molecule has 2 aromatic rings. The summed E-state index contributed by atoms with van der Waals surface area (Å²) < 4.78 is 17.5. The van der Waals surface area contributed by atoms with Crippen LogP contribution in [0.25, 0.3) is 0 Å². The summed E-state index contributed by atoms with van der Waals surface area (Å²) in [6.45, 7) is 6.32. The van der Waals surface area contributed by atoms with Gasteiger partial charge in [0.05, 0.1) is 6.04 Å². The van der Waals surface area contributed by atoms with Crippen LogP contribution >= 0.6 is 22.6 Å². The number of nitrogens with one attached hydrogen (secondary N) is 2.